The molecule has 71 heavy (non-hydrogen) atoms. The molecular formula is C57H92O14. The van der Waals surface area contributed by atoms with Crippen LogP contribution in [0.2, 0.25) is 0 Å². The van der Waals surface area contributed by atoms with Crippen molar-refractivity contribution in [1.82, 2.24) is 0 Å². The second kappa shape index (κ2) is 22.8. The molecule has 2 heterocycles. The fraction of sp³-hybridized carbons (Fsp3) is 0.877. The van der Waals surface area contributed by atoms with Crippen molar-refractivity contribution >= 4 is 41.8 Å². The molecule has 6 atom stereocenters. The lowest BCUT2D eigenvalue weighted by molar-refractivity contribution is -0.231. The van der Waals surface area contributed by atoms with E-state index in [0.717, 1.165) is 50.4 Å². The zero-order valence-corrected chi connectivity index (χ0v) is 46.3. The van der Waals surface area contributed by atoms with Gasteiger partial charge in [0, 0.05) is 18.3 Å². The van der Waals surface area contributed by atoms with Crippen molar-refractivity contribution in [1.29, 1.82) is 0 Å². The predicted octanol–water partition coefficient (Wildman–Crippen LogP) is 10.9. The Morgan fingerprint density at radius 2 is 1.13 bits per heavy atom. The predicted molar refractivity (Wildman–Crippen MR) is 266 cm³/mol. The summed E-state index contributed by atoms with van der Waals surface area (Å²) in [5.41, 5.74) is -2.16. The number of fused-ring (bicyclic) bond motifs is 1. The van der Waals surface area contributed by atoms with E-state index in [0.29, 0.717) is 43.6 Å². The Morgan fingerprint density at radius 1 is 0.634 bits per heavy atom. The van der Waals surface area contributed by atoms with Crippen molar-refractivity contribution in [3.8, 4) is 0 Å². The number of hydrogen-bond acceptors (Lipinski definition) is 14. The molecule has 14 heteroatoms. The number of hydrogen-bond donors (Lipinski definition) is 0. The van der Waals surface area contributed by atoms with Crippen LogP contribution in [-0.4, -0.2) is 84.5 Å². The third-order valence-corrected chi connectivity index (χ3v) is 18.5. The van der Waals surface area contributed by atoms with Gasteiger partial charge in [0.1, 0.15) is 23.4 Å². The van der Waals surface area contributed by atoms with Crippen molar-refractivity contribution < 1.29 is 66.7 Å². The molecular weight excluding hydrogens is 909 g/mol. The summed E-state index contributed by atoms with van der Waals surface area (Å²) in [6.45, 7) is 29.6. The highest BCUT2D eigenvalue weighted by molar-refractivity contribution is 5.83. The van der Waals surface area contributed by atoms with E-state index in [9.17, 15) is 33.6 Å². The first-order valence-electron chi connectivity index (χ1n) is 27.4. The maximum absolute atomic E-state index is 12.8. The minimum Gasteiger partial charge on any atom is -0.463 e. The summed E-state index contributed by atoms with van der Waals surface area (Å²) in [7, 11) is 0. The molecule has 0 aromatic heterocycles. The van der Waals surface area contributed by atoms with Gasteiger partial charge in [-0.2, -0.15) is 0 Å². The van der Waals surface area contributed by atoms with Gasteiger partial charge in [0.25, 0.3) is 0 Å². The summed E-state index contributed by atoms with van der Waals surface area (Å²) in [5, 5.41) is 0. The van der Waals surface area contributed by atoms with Gasteiger partial charge < -0.3 is 33.2 Å². The average Bonchev–Trinajstić information content (AvgIpc) is 4.15. The fourth-order valence-corrected chi connectivity index (χ4v) is 12.1. The third kappa shape index (κ3) is 13.2. The standard InChI is InChI=1S/C19H32O2.C16H22O6.C12H22O2.C10H16O4/c1-6-18(4,5)17(20)21-19(12(2)3)15-8-13-7-14(10-15)11-16(19)9-13;1-4-16(2,3)15(19)20-7-11(17)21-12-8-5-9-10(6-8)14(18)22-13(9)12;1-5-11(2,3)10(13)14-12(4)8-6-7-9-12;1-4-10(2,3)9(12)14-7-5-6-13-8(7)11/h12-16H,6-11H2,1-5H3;8-10,12-13H,4-7H2,1-3H3;5-9H2,1-4H3;7H,4-6H2,1-3H3. The number of rotatable bonds is 15. The van der Waals surface area contributed by atoms with Crippen molar-refractivity contribution in [2.45, 2.75) is 236 Å². The van der Waals surface area contributed by atoms with Crippen molar-refractivity contribution in [2.24, 2.45) is 69.0 Å². The van der Waals surface area contributed by atoms with Gasteiger partial charge in [-0.1, -0.05) is 41.5 Å². The monoisotopic (exact) mass is 1000 g/mol. The van der Waals surface area contributed by atoms with Crippen LogP contribution >= 0.6 is 0 Å². The van der Waals surface area contributed by atoms with Gasteiger partial charge in [-0.05, 0) is 188 Å². The van der Waals surface area contributed by atoms with Crippen LogP contribution < -0.4 is 0 Å². The number of cyclic esters (lactones) is 1. The highest BCUT2D eigenvalue weighted by Gasteiger charge is 2.64. The molecule has 0 N–H and O–H groups in total. The molecule has 9 aliphatic rings. The molecule has 404 valence electrons. The minimum absolute atomic E-state index is 0.00636. The molecule has 7 aliphatic carbocycles. The van der Waals surface area contributed by atoms with Crippen LogP contribution in [0.4, 0.5) is 0 Å². The van der Waals surface area contributed by atoms with Crippen LogP contribution in [0.3, 0.4) is 0 Å². The van der Waals surface area contributed by atoms with Gasteiger partial charge in [0.2, 0.25) is 6.10 Å². The molecule has 0 amide bonds. The number of esters is 7. The van der Waals surface area contributed by atoms with Gasteiger partial charge in [-0.3, -0.25) is 24.0 Å². The molecule has 0 spiro atoms. The highest BCUT2D eigenvalue weighted by atomic mass is 16.6. The molecule has 9 fully saturated rings. The summed E-state index contributed by atoms with van der Waals surface area (Å²) >= 11 is 0. The van der Waals surface area contributed by atoms with Crippen LogP contribution in [0.25, 0.3) is 0 Å². The van der Waals surface area contributed by atoms with Crippen LogP contribution in [0.5, 0.6) is 0 Å². The van der Waals surface area contributed by atoms with Crippen LogP contribution in [-0.2, 0) is 66.7 Å². The first-order valence-corrected chi connectivity index (χ1v) is 27.4. The molecule has 6 bridgehead atoms. The van der Waals surface area contributed by atoms with E-state index in [4.69, 9.17) is 33.2 Å². The van der Waals surface area contributed by atoms with E-state index in [1.54, 1.807) is 27.7 Å². The quantitative estimate of drug-likeness (QED) is 0.111. The maximum atomic E-state index is 12.8. The number of ether oxygens (including phenoxy) is 7. The van der Waals surface area contributed by atoms with Crippen molar-refractivity contribution in [3.05, 3.63) is 0 Å². The molecule has 7 saturated carbocycles. The number of carbonyl (C=O) groups is 7. The second-order valence-electron chi connectivity index (χ2n) is 25.5. The van der Waals surface area contributed by atoms with Crippen LogP contribution in [0.1, 0.15) is 207 Å². The van der Waals surface area contributed by atoms with E-state index < -0.39 is 34.8 Å². The Labute approximate surface area is 425 Å². The molecule has 0 radical (unpaired) electrons. The van der Waals surface area contributed by atoms with Gasteiger partial charge >= 0.3 is 41.8 Å². The lowest BCUT2D eigenvalue weighted by Gasteiger charge is -2.62. The molecule has 2 aliphatic heterocycles. The molecule has 0 aromatic rings. The zero-order valence-electron chi connectivity index (χ0n) is 46.3. The molecule has 6 unspecified atom stereocenters. The summed E-state index contributed by atoms with van der Waals surface area (Å²) in [6.07, 6.45) is 14.8. The van der Waals surface area contributed by atoms with Gasteiger partial charge in [-0.25, -0.2) is 9.59 Å². The lowest BCUT2D eigenvalue weighted by atomic mass is 9.47. The minimum atomic E-state index is -0.687. The molecule has 9 rings (SSSR count). The van der Waals surface area contributed by atoms with E-state index in [1.807, 2.05) is 48.5 Å². The van der Waals surface area contributed by atoms with E-state index >= 15 is 0 Å². The van der Waals surface area contributed by atoms with Gasteiger partial charge in [0.15, 0.2) is 6.61 Å². The summed E-state index contributed by atoms with van der Waals surface area (Å²) in [6, 6.07) is 0. The van der Waals surface area contributed by atoms with Crippen molar-refractivity contribution in [2.75, 3.05) is 13.2 Å². The normalized spacial score (nSPS) is 31.7. The summed E-state index contributed by atoms with van der Waals surface area (Å²) in [4.78, 5) is 82.6. The number of carbonyl (C=O) groups excluding carboxylic acids is 7. The van der Waals surface area contributed by atoms with Gasteiger partial charge in [0.05, 0.1) is 34.2 Å². The fourth-order valence-electron chi connectivity index (χ4n) is 12.1. The van der Waals surface area contributed by atoms with E-state index in [1.165, 1.54) is 44.9 Å². The van der Waals surface area contributed by atoms with Gasteiger partial charge in [-0.15, -0.1) is 0 Å². The smallest absolute Gasteiger partial charge is 0.347 e. The highest BCUT2D eigenvalue weighted by Crippen LogP contribution is 2.62. The Hall–Kier alpha value is -3.71. The molecule has 0 aromatic carbocycles. The molecule has 2 saturated heterocycles. The Kier molecular flexibility index (Phi) is 18.7. The lowest BCUT2D eigenvalue weighted by Crippen LogP contribution is -2.63. The second-order valence-corrected chi connectivity index (χ2v) is 25.5. The maximum Gasteiger partial charge on any atom is 0.347 e. The van der Waals surface area contributed by atoms with Crippen molar-refractivity contribution in [3.63, 3.8) is 0 Å². The Balaban J connectivity index is 0.000000180. The third-order valence-electron chi connectivity index (χ3n) is 18.5. The first kappa shape index (κ1) is 58.2. The van der Waals surface area contributed by atoms with Crippen LogP contribution in [0, 0.1) is 69.0 Å². The SMILES string of the molecule is CCC(C)(C)C(=O)OC1(C(C)C)C2CC3CC(C2)CC1C3.CCC(C)(C)C(=O)OC1(C)CCCC1.CCC(C)(C)C(=O)OC1CCOC1=O.CCC(C)(C)C(=O)OCC(=O)OC1C2CC3C(=O)OC1C3C2. The average molecular weight is 1000 g/mol. The summed E-state index contributed by atoms with van der Waals surface area (Å²) < 4.78 is 37.6. The van der Waals surface area contributed by atoms with Crippen LogP contribution in [0.15, 0.2) is 0 Å². The zero-order chi connectivity index (χ0) is 53.1. The summed E-state index contributed by atoms with van der Waals surface area (Å²) in [5.74, 6) is 1.97. The topological polar surface area (TPSA) is 184 Å². The Morgan fingerprint density at radius 3 is 1.61 bits per heavy atom. The largest absolute Gasteiger partial charge is 0.463 e. The van der Waals surface area contributed by atoms with E-state index in [-0.39, 0.29) is 82.5 Å². The Bertz CT molecular complexity index is 1890. The first-order chi connectivity index (χ1) is 33.0. The molecule has 14 nitrogen and oxygen atoms in total. The van der Waals surface area contributed by atoms with E-state index in [2.05, 4.69) is 27.7 Å².